The van der Waals surface area contributed by atoms with E-state index in [4.69, 9.17) is 10.4 Å². The lowest BCUT2D eigenvalue weighted by Crippen LogP contribution is -1.79. The third-order valence-electron chi connectivity index (χ3n) is 1.43. The highest BCUT2D eigenvalue weighted by Crippen LogP contribution is 2.11. The molecule has 3 nitrogen and oxygen atoms in total. The summed E-state index contributed by atoms with van der Waals surface area (Å²) >= 11 is 0. The van der Waals surface area contributed by atoms with E-state index in [9.17, 15) is 4.79 Å². The molecule has 0 unspecified atom stereocenters. The Kier molecular flexibility index (Phi) is 2.82. The van der Waals surface area contributed by atoms with E-state index < -0.39 is 0 Å². The SMILES string of the molecule is N#CC([C]=O)=Cc1ccc(O)cc1. The Morgan fingerprint density at radius 2 is 2.00 bits per heavy atom. The minimum atomic E-state index is -0.0642. The molecule has 1 rings (SSSR count). The van der Waals surface area contributed by atoms with Gasteiger partial charge in [-0.3, -0.25) is 4.79 Å². The number of carbonyl (C=O) groups excluding carboxylic acids is 1. The van der Waals surface area contributed by atoms with Crippen LogP contribution in [0.4, 0.5) is 0 Å². The average molecular weight is 172 g/mol. The first-order valence-corrected chi connectivity index (χ1v) is 3.55. The molecule has 1 aromatic rings. The predicted octanol–water partition coefficient (Wildman–Crippen LogP) is 1.41. The van der Waals surface area contributed by atoms with Gasteiger partial charge in [-0.2, -0.15) is 5.26 Å². The molecule has 3 heteroatoms. The summed E-state index contributed by atoms with van der Waals surface area (Å²) in [5, 5.41) is 17.4. The molecule has 0 aromatic heterocycles. The molecule has 0 saturated heterocycles. The van der Waals surface area contributed by atoms with Gasteiger partial charge in [0.2, 0.25) is 6.29 Å². The average Bonchev–Trinajstić information content (AvgIpc) is 2.17. The monoisotopic (exact) mass is 172 g/mol. The fourth-order valence-electron chi connectivity index (χ4n) is 0.822. The Hall–Kier alpha value is -2.08. The number of hydrogen-bond donors (Lipinski definition) is 1. The molecule has 0 aliphatic carbocycles. The molecule has 0 bridgehead atoms. The van der Waals surface area contributed by atoms with Crippen molar-refractivity contribution in [3.05, 3.63) is 35.4 Å². The standard InChI is InChI=1S/C10H6NO2/c11-6-9(7-12)5-8-1-3-10(13)4-2-8/h1-5,13H. The maximum atomic E-state index is 10.1. The summed E-state index contributed by atoms with van der Waals surface area (Å²) in [5.41, 5.74) is 0.614. The van der Waals surface area contributed by atoms with E-state index in [2.05, 4.69) is 0 Å². The second kappa shape index (κ2) is 4.07. The topological polar surface area (TPSA) is 61.1 Å². The van der Waals surface area contributed by atoms with Crippen LogP contribution in [0.3, 0.4) is 0 Å². The van der Waals surface area contributed by atoms with Crippen molar-refractivity contribution < 1.29 is 9.90 Å². The molecular formula is C10H6NO2. The Labute approximate surface area is 75.5 Å². The molecule has 63 valence electrons. The number of nitriles is 1. The third-order valence-corrected chi connectivity index (χ3v) is 1.43. The lowest BCUT2D eigenvalue weighted by Gasteiger charge is -1.92. The van der Waals surface area contributed by atoms with Gasteiger partial charge in [0.05, 0.1) is 0 Å². The Morgan fingerprint density at radius 1 is 1.38 bits per heavy atom. The van der Waals surface area contributed by atoms with Crippen LogP contribution in [0.5, 0.6) is 5.75 Å². The minimum Gasteiger partial charge on any atom is -0.508 e. The lowest BCUT2D eigenvalue weighted by atomic mass is 10.1. The summed E-state index contributed by atoms with van der Waals surface area (Å²) in [6.45, 7) is 0. The van der Waals surface area contributed by atoms with E-state index in [1.807, 2.05) is 0 Å². The first kappa shape index (κ1) is 9.01. The highest BCUT2D eigenvalue weighted by molar-refractivity contribution is 5.87. The van der Waals surface area contributed by atoms with Gasteiger partial charge in [-0.25, -0.2) is 0 Å². The summed E-state index contributed by atoms with van der Waals surface area (Å²) < 4.78 is 0. The molecule has 1 N–H and O–H groups in total. The van der Waals surface area contributed by atoms with Crippen molar-refractivity contribution in [3.63, 3.8) is 0 Å². The van der Waals surface area contributed by atoms with Crippen LogP contribution in [-0.2, 0) is 4.79 Å². The van der Waals surface area contributed by atoms with Crippen molar-refractivity contribution in [1.82, 2.24) is 0 Å². The summed E-state index contributed by atoms with van der Waals surface area (Å²) in [6.07, 6.45) is 2.90. The zero-order valence-corrected chi connectivity index (χ0v) is 6.69. The molecule has 0 aliphatic rings. The van der Waals surface area contributed by atoms with Crippen molar-refractivity contribution in [2.45, 2.75) is 0 Å². The van der Waals surface area contributed by atoms with E-state index in [0.29, 0.717) is 5.56 Å². The van der Waals surface area contributed by atoms with Crippen molar-refractivity contribution in [2.75, 3.05) is 0 Å². The minimum absolute atomic E-state index is 0.0642. The van der Waals surface area contributed by atoms with E-state index in [0.717, 1.165) is 0 Å². The Balaban J connectivity index is 2.98. The second-order valence-corrected chi connectivity index (χ2v) is 2.36. The number of aromatic hydroxyl groups is 1. The van der Waals surface area contributed by atoms with Crippen LogP contribution in [-0.4, -0.2) is 11.4 Å². The summed E-state index contributed by atoms with van der Waals surface area (Å²) in [7, 11) is 0. The highest BCUT2D eigenvalue weighted by Gasteiger charge is 1.94. The molecule has 1 aromatic carbocycles. The maximum Gasteiger partial charge on any atom is 0.244 e. The van der Waals surface area contributed by atoms with Gasteiger partial charge in [-0.15, -0.1) is 0 Å². The van der Waals surface area contributed by atoms with Gasteiger partial charge in [0.1, 0.15) is 17.4 Å². The number of rotatable bonds is 2. The second-order valence-electron chi connectivity index (χ2n) is 2.36. The van der Waals surface area contributed by atoms with Gasteiger partial charge in [-0.05, 0) is 23.8 Å². The number of allylic oxidation sites excluding steroid dienone is 1. The van der Waals surface area contributed by atoms with Crippen LogP contribution in [0.25, 0.3) is 6.08 Å². The molecule has 1 radical (unpaired) electrons. The maximum absolute atomic E-state index is 10.1. The van der Waals surface area contributed by atoms with Crippen molar-refractivity contribution in [3.8, 4) is 11.8 Å². The van der Waals surface area contributed by atoms with E-state index in [1.165, 1.54) is 24.5 Å². The van der Waals surface area contributed by atoms with Gasteiger partial charge in [0.25, 0.3) is 0 Å². The van der Waals surface area contributed by atoms with E-state index in [1.54, 1.807) is 18.2 Å². The molecule has 0 aliphatic heterocycles. The van der Waals surface area contributed by atoms with Gasteiger partial charge < -0.3 is 5.11 Å². The van der Waals surface area contributed by atoms with Gasteiger partial charge in [0, 0.05) is 0 Å². The van der Waals surface area contributed by atoms with Crippen molar-refractivity contribution in [2.24, 2.45) is 0 Å². The number of phenols is 1. The first-order chi connectivity index (χ1) is 6.26. The zero-order chi connectivity index (χ0) is 9.68. The number of benzene rings is 1. The largest absolute Gasteiger partial charge is 0.508 e. The number of nitrogens with zero attached hydrogens (tertiary/aromatic N) is 1. The fraction of sp³-hybridized carbons (Fsp3) is 0. The Morgan fingerprint density at radius 3 is 2.46 bits per heavy atom. The molecule has 13 heavy (non-hydrogen) atoms. The van der Waals surface area contributed by atoms with Crippen LogP contribution in [0.15, 0.2) is 29.8 Å². The number of phenolic OH excluding ortho intramolecular Hbond substituents is 1. The summed E-state index contributed by atoms with van der Waals surface area (Å²) in [4.78, 5) is 10.1. The normalized spacial score (nSPS) is 10.5. The summed E-state index contributed by atoms with van der Waals surface area (Å²) in [5.74, 6) is 0.144. The smallest absolute Gasteiger partial charge is 0.244 e. The quantitative estimate of drug-likeness (QED) is 0.542. The molecule has 0 spiro atoms. The molecular weight excluding hydrogens is 166 g/mol. The third kappa shape index (κ3) is 2.46. The van der Waals surface area contributed by atoms with Crippen molar-refractivity contribution in [1.29, 1.82) is 5.26 Å². The van der Waals surface area contributed by atoms with Crippen LogP contribution in [0, 0.1) is 11.3 Å². The fourth-order valence-corrected chi connectivity index (χ4v) is 0.822. The van der Waals surface area contributed by atoms with Crippen LogP contribution < -0.4 is 0 Å². The van der Waals surface area contributed by atoms with E-state index in [-0.39, 0.29) is 11.3 Å². The van der Waals surface area contributed by atoms with E-state index >= 15 is 0 Å². The lowest BCUT2D eigenvalue weighted by molar-refractivity contribution is 0.475. The van der Waals surface area contributed by atoms with Crippen LogP contribution in [0.2, 0.25) is 0 Å². The number of hydrogen-bond acceptors (Lipinski definition) is 3. The highest BCUT2D eigenvalue weighted by atomic mass is 16.3. The molecule has 0 fully saturated rings. The van der Waals surface area contributed by atoms with Crippen LogP contribution in [0.1, 0.15) is 5.56 Å². The van der Waals surface area contributed by atoms with Gasteiger partial charge in [0.15, 0.2) is 0 Å². The molecule has 0 saturated carbocycles. The van der Waals surface area contributed by atoms with Crippen LogP contribution >= 0.6 is 0 Å². The van der Waals surface area contributed by atoms with Crippen molar-refractivity contribution >= 4 is 12.4 Å². The summed E-state index contributed by atoms with van der Waals surface area (Å²) in [6, 6.07) is 7.85. The molecule has 0 atom stereocenters. The predicted molar refractivity (Wildman–Crippen MR) is 47.4 cm³/mol. The molecule has 0 heterocycles. The van der Waals surface area contributed by atoms with Gasteiger partial charge in [-0.1, -0.05) is 12.1 Å². The van der Waals surface area contributed by atoms with Gasteiger partial charge >= 0.3 is 0 Å². The zero-order valence-electron chi connectivity index (χ0n) is 6.69. The first-order valence-electron chi connectivity index (χ1n) is 3.55. The Bertz CT molecular complexity index is 371. The molecule has 0 amide bonds.